The summed E-state index contributed by atoms with van der Waals surface area (Å²) in [7, 11) is 2.58. The van der Waals surface area contributed by atoms with Crippen LogP contribution in [0.4, 0.5) is 0 Å². The normalized spacial score (nSPS) is 31.3. The van der Waals surface area contributed by atoms with E-state index in [1.807, 2.05) is 0 Å². The van der Waals surface area contributed by atoms with Crippen LogP contribution in [0.15, 0.2) is 18.2 Å². The zero-order valence-corrected chi connectivity index (χ0v) is 22.2. The summed E-state index contributed by atoms with van der Waals surface area (Å²) in [6.45, 7) is 2.64. The Hall–Kier alpha value is -3.39. The Labute approximate surface area is 228 Å². The minimum atomic E-state index is -2.08. The SMILES string of the molecule is COc1cccc2c1C(=O)c1c(O)c3c(c(O)c1C2=O)CC(O)(C(C)=O)CC3OC1OC(C)C(O)C(O)C1OC. The number of ketones is 3. The molecule has 0 spiro atoms. The van der Waals surface area contributed by atoms with Crippen molar-refractivity contribution in [2.24, 2.45) is 0 Å². The van der Waals surface area contributed by atoms with Gasteiger partial charge >= 0.3 is 0 Å². The largest absolute Gasteiger partial charge is 0.507 e. The molecule has 214 valence electrons. The number of ether oxygens (including phenoxy) is 4. The maximum absolute atomic E-state index is 13.7. The Bertz CT molecular complexity index is 1420. The van der Waals surface area contributed by atoms with Crippen LogP contribution in [-0.2, 0) is 25.4 Å². The molecule has 1 fully saturated rings. The van der Waals surface area contributed by atoms with Gasteiger partial charge < -0.3 is 44.5 Å². The quantitative estimate of drug-likeness (QED) is 0.276. The number of benzene rings is 2. The van der Waals surface area contributed by atoms with E-state index in [9.17, 15) is 39.9 Å². The molecule has 1 saturated heterocycles. The molecule has 3 aliphatic rings. The predicted octanol–water partition coefficient (Wildman–Crippen LogP) is 0.687. The van der Waals surface area contributed by atoms with Gasteiger partial charge in [-0.15, -0.1) is 0 Å². The Morgan fingerprint density at radius 2 is 1.70 bits per heavy atom. The van der Waals surface area contributed by atoms with Crippen LogP contribution < -0.4 is 4.74 Å². The minimum Gasteiger partial charge on any atom is -0.507 e. The average molecular weight is 559 g/mol. The molecule has 7 unspecified atom stereocenters. The molecule has 7 atom stereocenters. The van der Waals surface area contributed by atoms with E-state index in [4.69, 9.17) is 18.9 Å². The molecule has 0 aromatic heterocycles. The van der Waals surface area contributed by atoms with Crippen LogP contribution in [0.2, 0.25) is 0 Å². The molecule has 5 N–H and O–H groups in total. The lowest BCUT2D eigenvalue weighted by molar-refractivity contribution is -0.312. The van der Waals surface area contributed by atoms with Crippen molar-refractivity contribution in [3.8, 4) is 17.2 Å². The highest BCUT2D eigenvalue weighted by Crippen LogP contribution is 2.52. The molecule has 2 aliphatic carbocycles. The first-order chi connectivity index (χ1) is 18.9. The van der Waals surface area contributed by atoms with Crippen LogP contribution in [0, 0.1) is 0 Å². The first-order valence-electron chi connectivity index (χ1n) is 12.7. The standard InChI is InChI=1S/C28H30O12/c1-10-20(30)25(35)26(38-4)27(39-10)40-15-9-28(36,11(2)29)8-13-17(15)24(34)19-18(22(13)32)21(31)12-6-5-7-14(37-3)16(12)23(19)33/h5-7,10,15,20,25-27,30,32,34-36H,8-9H2,1-4H3. The third-order valence-electron chi connectivity index (χ3n) is 8.09. The summed E-state index contributed by atoms with van der Waals surface area (Å²) >= 11 is 0. The number of phenolic OH excluding ortho intramolecular Hbond substituents is 2. The van der Waals surface area contributed by atoms with Gasteiger partial charge in [-0.05, 0) is 19.9 Å². The van der Waals surface area contributed by atoms with Gasteiger partial charge in [-0.3, -0.25) is 14.4 Å². The first-order valence-corrected chi connectivity index (χ1v) is 12.7. The number of aliphatic hydroxyl groups is 3. The summed E-state index contributed by atoms with van der Waals surface area (Å²) in [5.41, 5.74) is -3.45. The van der Waals surface area contributed by atoms with Gasteiger partial charge in [-0.2, -0.15) is 0 Å². The summed E-state index contributed by atoms with van der Waals surface area (Å²) in [6, 6.07) is 4.38. The van der Waals surface area contributed by atoms with Crippen molar-refractivity contribution < 1.29 is 58.9 Å². The van der Waals surface area contributed by atoms with E-state index in [0.717, 1.165) is 6.92 Å². The number of hydrogen-bond acceptors (Lipinski definition) is 12. The molecule has 1 heterocycles. The molecular weight excluding hydrogens is 528 g/mol. The lowest BCUT2D eigenvalue weighted by Gasteiger charge is -2.44. The fourth-order valence-electron chi connectivity index (χ4n) is 5.83. The van der Waals surface area contributed by atoms with E-state index in [1.54, 1.807) is 0 Å². The number of fused-ring (bicyclic) bond motifs is 3. The third-order valence-corrected chi connectivity index (χ3v) is 8.09. The first kappa shape index (κ1) is 28.1. The van der Waals surface area contributed by atoms with Crippen LogP contribution in [0.25, 0.3) is 0 Å². The van der Waals surface area contributed by atoms with Crippen molar-refractivity contribution in [2.45, 2.75) is 69.1 Å². The van der Waals surface area contributed by atoms with Crippen LogP contribution >= 0.6 is 0 Å². The molecular formula is C28H30O12. The Morgan fingerprint density at radius 1 is 1.02 bits per heavy atom. The zero-order chi connectivity index (χ0) is 29.3. The Morgan fingerprint density at radius 3 is 2.33 bits per heavy atom. The average Bonchev–Trinajstić information content (AvgIpc) is 2.91. The van der Waals surface area contributed by atoms with Crippen LogP contribution in [0.5, 0.6) is 17.2 Å². The fourth-order valence-corrected chi connectivity index (χ4v) is 5.83. The van der Waals surface area contributed by atoms with Gasteiger partial charge in [0.1, 0.15) is 41.2 Å². The molecule has 12 nitrogen and oxygen atoms in total. The second-order valence-corrected chi connectivity index (χ2v) is 10.4. The predicted molar refractivity (Wildman–Crippen MR) is 135 cm³/mol. The lowest BCUT2D eigenvalue weighted by Crippen LogP contribution is -2.58. The van der Waals surface area contributed by atoms with Gasteiger partial charge in [0.15, 0.2) is 17.9 Å². The molecule has 40 heavy (non-hydrogen) atoms. The second kappa shape index (κ2) is 9.91. The van der Waals surface area contributed by atoms with Gasteiger partial charge in [0, 0.05) is 36.6 Å². The van der Waals surface area contributed by atoms with Crippen LogP contribution in [0.3, 0.4) is 0 Å². The number of aliphatic hydroxyl groups excluding tert-OH is 2. The topological polar surface area (TPSA) is 189 Å². The Balaban J connectivity index is 1.70. The third kappa shape index (κ3) is 4.02. The van der Waals surface area contributed by atoms with E-state index in [0.29, 0.717) is 0 Å². The Kier molecular flexibility index (Phi) is 6.97. The summed E-state index contributed by atoms with van der Waals surface area (Å²) in [5.74, 6) is -3.46. The number of rotatable bonds is 5. The van der Waals surface area contributed by atoms with Gasteiger partial charge in [-0.1, -0.05) is 12.1 Å². The van der Waals surface area contributed by atoms with Gasteiger partial charge in [0.25, 0.3) is 0 Å². The number of Topliss-reactive ketones (excluding diaryl/α,β-unsaturated/α-hetero) is 1. The van der Waals surface area contributed by atoms with Crippen LogP contribution in [0.1, 0.15) is 69.3 Å². The van der Waals surface area contributed by atoms with Crippen molar-refractivity contribution in [3.05, 3.63) is 51.6 Å². The lowest BCUT2D eigenvalue weighted by atomic mass is 9.72. The maximum atomic E-state index is 13.7. The number of carbonyl (C=O) groups excluding carboxylic acids is 3. The summed E-state index contributed by atoms with van der Waals surface area (Å²) < 4.78 is 22.3. The number of hydrogen-bond donors (Lipinski definition) is 5. The fraction of sp³-hybridized carbons (Fsp3) is 0.464. The number of methoxy groups -OCH3 is 2. The molecule has 2 aromatic rings. The van der Waals surface area contributed by atoms with Crippen molar-refractivity contribution >= 4 is 17.3 Å². The molecule has 0 bridgehead atoms. The van der Waals surface area contributed by atoms with E-state index in [1.165, 1.54) is 39.3 Å². The van der Waals surface area contributed by atoms with E-state index in [2.05, 4.69) is 0 Å². The molecule has 0 saturated carbocycles. The summed E-state index contributed by atoms with van der Waals surface area (Å²) in [6.07, 6.45) is -8.50. The van der Waals surface area contributed by atoms with Gasteiger partial charge in [-0.25, -0.2) is 0 Å². The van der Waals surface area contributed by atoms with Crippen LogP contribution in [-0.4, -0.2) is 93.4 Å². The number of carbonyl (C=O) groups is 3. The summed E-state index contributed by atoms with van der Waals surface area (Å²) in [4.78, 5) is 39.8. The number of phenols is 2. The number of aromatic hydroxyl groups is 2. The maximum Gasteiger partial charge on any atom is 0.202 e. The van der Waals surface area contributed by atoms with E-state index >= 15 is 0 Å². The molecule has 0 amide bonds. The van der Waals surface area contributed by atoms with Gasteiger partial charge in [0.2, 0.25) is 5.78 Å². The van der Waals surface area contributed by atoms with Crippen molar-refractivity contribution in [2.75, 3.05) is 14.2 Å². The highest BCUT2D eigenvalue weighted by atomic mass is 16.7. The summed E-state index contributed by atoms with van der Waals surface area (Å²) in [5, 5.41) is 54.9. The smallest absolute Gasteiger partial charge is 0.202 e. The molecule has 5 rings (SSSR count). The second-order valence-electron chi connectivity index (χ2n) is 10.4. The van der Waals surface area contributed by atoms with Crippen molar-refractivity contribution in [1.29, 1.82) is 0 Å². The van der Waals surface area contributed by atoms with E-state index < -0.39 is 95.2 Å². The molecule has 12 heteroatoms. The highest BCUT2D eigenvalue weighted by Gasteiger charge is 2.51. The highest BCUT2D eigenvalue weighted by molar-refractivity contribution is 6.31. The zero-order valence-electron chi connectivity index (χ0n) is 22.2. The molecule has 2 aromatic carbocycles. The molecule has 0 radical (unpaired) electrons. The van der Waals surface area contributed by atoms with Gasteiger partial charge in [0.05, 0.1) is 36.0 Å². The van der Waals surface area contributed by atoms with E-state index in [-0.39, 0.29) is 28.0 Å². The minimum absolute atomic E-state index is 0.0444. The monoisotopic (exact) mass is 558 g/mol. The van der Waals surface area contributed by atoms with Crippen molar-refractivity contribution in [1.82, 2.24) is 0 Å². The molecule has 1 aliphatic heterocycles. The van der Waals surface area contributed by atoms with Crippen molar-refractivity contribution in [3.63, 3.8) is 0 Å².